The molecule has 0 saturated heterocycles. The molecule has 0 aliphatic heterocycles. The van der Waals surface area contributed by atoms with Crippen LogP contribution in [0.4, 0.5) is 4.79 Å². The zero-order chi connectivity index (χ0) is 24.0. The molecule has 10 N–H and O–H groups in total. The highest BCUT2D eigenvalue weighted by atomic mass is 16.5. The molecule has 0 aliphatic rings. The summed E-state index contributed by atoms with van der Waals surface area (Å²) in [6, 6.07) is -0.378. The van der Waals surface area contributed by atoms with Gasteiger partial charge in [0.1, 0.15) is 6.61 Å². The van der Waals surface area contributed by atoms with Crippen LogP contribution in [-0.4, -0.2) is 81.3 Å². The standard InChI is InChI=1S/C21H45N7O4/c22-10-4-1-7-13-26-15-20(30)28(14-8-2-5-11-23)16-19(29)27-18(9-3-6-12-24)17-32-21(25)31/h18,26H,1-17,22-24H2,(H2,25,31)(H,27,29)/t18-/m0/s1. The number of carbonyl (C=O) groups excluding carboxylic acids is 3. The van der Waals surface area contributed by atoms with Crippen molar-refractivity contribution in [3.63, 3.8) is 0 Å². The van der Waals surface area contributed by atoms with Gasteiger partial charge >= 0.3 is 6.09 Å². The number of rotatable bonds is 21. The van der Waals surface area contributed by atoms with Crippen molar-refractivity contribution in [3.8, 4) is 0 Å². The van der Waals surface area contributed by atoms with Gasteiger partial charge in [0.15, 0.2) is 0 Å². The van der Waals surface area contributed by atoms with Gasteiger partial charge in [-0.05, 0) is 64.7 Å². The van der Waals surface area contributed by atoms with Crippen molar-refractivity contribution in [1.82, 2.24) is 15.5 Å². The summed E-state index contributed by atoms with van der Waals surface area (Å²) in [6.45, 7) is 3.13. The summed E-state index contributed by atoms with van der Waals surface area (Å²) < 4.78 is 4.86. The number of hydrogen-bond acceptors (Lipinski definition) is 8. The van der Waals surface area contributed by atoms with E-state index in [1.165, 1.54) is 0 Å². The third-order valence-electron chi connectivity index (χ3n) is 4.95. The topological polar surface area (TPSA) is 192 Å². The minimum atomic E-state index is -0.891. The summed E-state index contributed by atoms with van der Waals surface area (Å²) in [5.41, 5.74) is 21.6. The molecule has 11 nitrogen and oxygen atoms in total. The summed E-state index contributed by atoms with van der Waals surface area (Å²) in [7, 11) is 0. The molecule has 0 aliphatic carbocycles. The summed E-state index contributed by atoms with van der Waals surface area (Å²) in [5, 5.41) is 5.99. The van der Waals surface area contributed by atoms with Crippen LogP contribution in [0.2, 0.25) is 0 Å². The number of unbranched alkanes of at least 4 members (excludes halogenated alkanes) is 5. The van der Waals surface area contributed by atoms with E-state index in [-0.39, 0.29) is 37.6 Å². The number of hydrogen-bond donors (Lipinski definition) is 6. The van der Waals surface area contributed by atoms with Gasteiger partial charge in [0.25, 0.3) is 0 Å². The largest absolute Gasteiger partial charge is 0.448 e. The first-order chi connectivity index (χ1) is 15.4. The van der Waals surface area contributed by atoms with Crippen LogP contribution in [0.15, 0.2) is 0 Å². The van der Waals surface area contributed by atoms with E-state index in [1.54, 1.807) is 4.90 Å². The average molecular weight is 460 g/mol. The number of nitrogens with two attached hydrogens (primary N) is 4. The van der Waals surface area contributed by atoms with Gasteiger partial charge in [0.2, 0.25) is 11.8 Å². The molecular weight excluding hydrogens is 414 g/mol. The van der Waals surface area contributed by atoms with Crippen LogP contribution >= 0.6 is 0 Å². The zero-order valence-corrected chi connectivity index (χ0v) is 19.5. The molecule has 32 heavy (non-hydrogen) atoms. The predicted octanol–water partition coefficient (Wildman–Crippen LogP) is -0.628. The summed E-state index contributed by atoms with van der Waals surface area (Å²) in [6.07, 6.45) is 6.76. The van der Waals surface area contributed by atoms with Crippen LogP contribution in [0.3, 0.4) is 0 Å². The Morgan fingerprint density at radius 2 is 1.47 bits per heavy atom. The monoisotopic (exact) mass is 459 g/mol. The molecule has 11 heteroatoms. The normalized spacial score (nSPS) is 11.7. The first kappa shape index (κ1) is 30.0. The maximum atomic E-state index is 12.7. The van der Waals surface area contributed by atoms with E-state index in [9.17, 15) is 14.4 Å². The van der Waals surface area contributed by atoms with Crippen molar-refractivity contribution in [2.75, 3.05) is 52.4 Å². The second-order valence-corrected chi connectivity index (χ2v) is 7.87. The number of carbonyl (C=O) groups is 3. The van der Waals surface area contributed by atoms with Crippen LogP contribution in [0.25, 0.3) is 0 Å². The highest BCUT2D eigenvalue weighted by molar-refractivity contribution is 5.85. The minimum absolute atomic E-state index is 0.0134. The van der Waals surface area contributed by atoms with Crippen LogP contribution in [0.5, 0.6) is 0 Å². The average Bonchev–Trinajstić information content (AvgIpc) is 2.76. The van der Waals surface area contributed by atoms with Crippen molar-refractivity contribution in [3.05, 3.63) is 0 Å². The van der Waals surface area contributed by atoms with Gasteiger partial charge in [0, 0.05) is 6.54 Å². The Labute approximate surface area is 192 Å². The van der Waals surface area contributed by atoms with E-state index >= 15 is 0 Å². The van der Waals surface area contributed by atoms with Crippen LogP contribution < -0.4 is 33.6 Å². The maximum Gasteiger partial charge on any atom is 0.404 e. The van der Waals surface area contributed by atoms with Crippen molar-refractivity contribution >= 4 is 17.9 Å². The van der Waals surface area contributed by atoms with Gasteiger partial charge in [-0.25, -0.2) is 4.79 Å². The van der Waals surface area contributed by atoms with Crippen LogP contribution in [-0.2, 0) is 14.3 Å². The Kier molecular flexibility index (Phi) is 19.7. The van der Waals surface area contributed by atoms with E-state index in [1.807, 2.05) is 0 Å². The Morgan fingerprint density at radius 1 is 0.844 bits per heavy atom. The Balaban J connectivity index is 4.71. The van der Waals surface area contributed by atoms with Crippen molar-refractivity contribution in [2.45, 2.75) is 63.8 Å². The van der Waals surface area contributed by atoms with Crippen LogP contribution in [0.1, 0.15) is 57.8 Å². The van der Waals surface area contributed by atoms with Crippen LogP contribution in [0, 0.1) is 0 Å². The molecule has 3 amide bonds. The molecule has 0 spiro atoms. The number of nitrogens with zero attached hydrogens (tertiary/aromatic N) is 1. The molecule has 0 heterocycles. The molecule has 0 radical (unpaired) electrons. The lowest BCUT2D eigenvalue weighted by Crippen LogP contribution is -2.48. The van der Waals surface area contributed by atoms with Gasteiger partial charge in [-0.1, -0.05) is 19.3 Å². The molecule has 0 aromatic heterocycles. The highest BCUT2D eigenvalue weighted by Gasteiger charge is 2.19. The fourth-order valence-corrected chi connectivity index (χ4v) is 3.16. The van der Waals surface area contributed by atoms with Gasteiger partial charge in [-0.3, -0.25) is 9.59 Å². The third kappa shape index (κ3) is 17.7. The Hall–Kier alpha value is -1.95. The second-order valence-electron chi connectivity index (χ2n) is 7.87. The van der Waals surface area contributed by atoms with Gasteiger partial charge in [0.05, 0.1) is 19.1 Å². The molecule has 0 bridgehead atoms. The number of ether oxygens (including phenoxy) is 1. The Morgan fingerprint density at radius 3 is 2.09 bits per heavy atom. The van der Waals surface area contributed by atoms with E-state index in [0.717, 1.165) is 57.9 Å². The van der Waals surface area contributed by atoms with Crippen molar-refractivity contribution < 1.29 is 19.1 Å². The predicted molar refractivity (Wildman–Crippen MR) is 126 cm³/mol. The molecule has 0 saturated carbocycles. The van der Waals surface area contributed by atoms with E-state index < -0.39 is 6.09 Å². The van der Waals surface area contributed by atoms with Gasteiger partial charge in [-0.15, -0.1) is 0 Å². The van der Waals surface area contributed by atoms with Crippen molar-refractivity contribution in [1.29, 1.82) is 0 Å². The molecular formula is C21H45N7O4. The minimum Gasteiger partial charge on any atom is -0.448 e. The highest BCUT2D eigenvalue weighted by Crippen LogP contribution is 2.03. The van der Waals surface area contributed by atoms with Gasteiger partial charge < -0.3 is 43.2 Å². The van der Waals surface area contributed by atoms with E-state index in [2.05, 4.69) is 10.6 Å². The molecule has 0 unspecified atom stereocenters. The zero-order valence-electron chi connectivity index (χ0n) is 19.5. The Bertz CT molecular complexity index is 509. The summed E-state index contributed by atoms with van der Waals surface area (Å²) in [4.78, 5) is 37.8. The first-order valence-corrected chi connectivity index (χ1v) is 11.7. The SMILES string of the molecule is NCCCCCNCC(=O)N(CCCCCN)CC(=O)N[C@@H](CCCCN)COC(N)=O. The van der Waals surface area contributed by atoms with Crippen molar-refractivity contribution in [2.24, 2.45) is 22.9 Å². The third-order valence-corrected chi connectivity index (χ3v) is 4.95. The molecule has 0 fully saturated rings. The number of amides is 3. The lowest BCUT2D eigenvalue weighted by atomic mass is 10.1. The smallest absolute Gasteiger partial charge is 0.404 e. The maximum absolute atomic E-state index is 12.7. The van der Waals surface area contributed by atoms with E-state index in [4.69, 9.17) is 27.7 Å². The molecule has 0 aromatic carbocycles. The molecule has 0 rings (SSSR count). The second kappa shape index (κ2) is 20.9. The quantitative estimate of drug-likeness (QED) is 0.122. The lowest BCUT2D eigenvalue weighted by Gasteiger charge is -2.24. The molecule has 0 aromatic rings. The first-order valence-electron chi connectivity index (χ1n) is 11.7. The fraction of sp³-hybridized carbons (Fsp3) is 0.857. The lowest BCUT2D eigenvalue weighted by molar-refractivity contribution is -0.135. The van der Waals surface area contributed by atoms with Gasteiger partial charge in [-0.2, -0.15) is 0 Å². The summed E-state index contributed by atoms with van der Waals surface area (Å²) >= 11 is 0. The number of primary amides is 1. The fourth-order valence-electron chi connectivity index (χ4n) is 3.16. The summed E-state index contributed by atoms with van der Waals surface area (Å²) in [5.74, 6) is -0.425. The molecule has 1 atom stereocenters. The number of nitrogens with one attached hydrogen (secondary N) is 2. The molecule has 188 valence electrons. The van der Waals surface area contributed by atoms with E-state index in [0.29, 0.717) is 32.6 Å².